The van der Waals surface area contributed by atoms with Crippen molar-refractivity contribution in [3.05, 3.63) is 88.5 Å². The van der Waals surface area contributed by atoms with E-state index in [2.05, 4.69) is 35.7 Å². The fourth-order valence-electron chi connectivity index (χ4n) is 4.91. The number of fused-ring (bicyclic) bond motifs is 2. The van der Waals surface area contributed by atoms with Gasteiger partial charge < -0.3 is 19.5 Å². The molecular formula is C29H26N2O5. The smallest absolute Gasteiger partial charge is 0.313 e. The lowest BCUT2D eigenvalue weighted by atomic mass is 9.91. The van der Waals surface area contributed by atoms with Crippen LogP contribution >= 0.6 is 0 Å². The van der Waals surface area contributed by atoms with Crippen LogP contribution < -0.4 is 14.8 Å². The molecule has 7 nitrogen and oxygen atoms in total. The number of amides is 1. The fourth-order valence-corrected chi connectivity index (χ4v) is 4.91. The fraction of sp³-hybridized carbons (Fsp3) is 0.276. The Morgan fingerprint density at radius 2 is 1.81 bits per heavy atom. The highest BCUT2D eigenvalue weighted by atomic mass is 16.5. The quantitative estimate of drug-likeness (QED) is 0.519. The zero-order chi connectivity index (χ0) is 25.1. The number of esters is 1. The van der Waals surface area contributed by atoms with Gasteiger partial charge in [-0.05, 0) is 66.6 Å². The van der Waals surface area contributed by atoms with Crippen molar-refractivity contribution in [1.82, 2.24) is 5.32 Å². The average molecular weight is 483 g/mol. The zero-order valence-corrected chi connectivity index (χ0v) is 20.0. The number of carbonyl (C=O) groups is 2. The molecule has 182 valence electrons. The molecular weight excluding hydrogens is 456 g/mol. The Morgan fingerprint density at radius 1 is 1.08 bits per heavy atom. The minimum Gasteiger partial charge on any atom is -0.493 e. The summed E-state index contributed by atoms with van der Waals surface area (Å²) in [4.78, 5) is 24.8. The molecule has 0 bridgehead atoms. The average Bonchev–Trinajstić information content (AvgIpc) is 3.34. The number of benzene rings is 3. The molecule has 0 fully saturated rings. The molecule has 2 aliphatic rings. The van der Waals surface area contributed by atoms with E-state index in [1.165, 1.54) is 18.2 Å². The van der Waals surface area contributed by atoms with Crippen LogP contribution in [0.15, 0.2) is 60.7 Å². The van der Waals surface area contributed by atoms with Crippen molar-refractivity contribution in [2.45, 2.75) is 25.2 Å². The minimum atomic E-state index is -0.476. The number of hydrogen-bond acceptors (Lipinski definition) is 6. The standard InChI is InChI=1S/C29H26N2O5/c1-34-29(33)24-10-11-35-27-15-26(22(16-30)14-25(24)27)36-23-8-6-19(7-9-23)28(32)31-17-18-12-20-4-2-3-5-21(20)13-18/h2-9,14-15,18,24H,10-13,17H2,1H3,(H,31,32). The Hall–Kier alpha value is -4.31. The highest BCUT2D eigenvalue weighted by Crippen LogP contribution is 2.40. The lowest BCUT2D eigenvalue weighted by Gasteiger charge is -2.25. The van der Waals surface area contributed by atoms with Gasteiger partial charge in [0.25, 0.3) is 5.91 Å². The number of methoxy groups -OCH3 is 1. The van der Waals surface area contributed by atoms with Crippen molar-refractivity contribution in [1.29, 1.82) is 5.26 Å². The van der Waals surface area contributed by atoms with E-state index < -0.39 is 5.92 Å². The Balaban J connectivity index is 1.24. The van der Waals surface area contributed by atoms with Gasteiger partial charge in [-0.3, -0.25) is 9.59 Å². The van der Waals surface area contributed by atoms with Gasteiger partial charge in [0.05, 0.1) is 25.2 Å². The molecule has 3 aromatic carbocycles. The van der Waals surface area contributed by atoms with E-state index in [4.69, 9.17) is 14.2 Å². The highest BCUT2D eigenvalue weighted by Gasteiger charge is 2.30. The minimum absolute atomic E-state index is 0.133. The molecule has 1 unspecified atom stereocenters. The third-order valence-electron chi connectivity index (χ3n) is 6.79. The van der Waals surface area contributed by atoms with Crippen LogP contribution in [0.4, 0.5) is 0 Å². The van der Waals surface area contributed by atoms with Crippen molar-refractivity contribution in [3.8, 4) is 23.3 Å². The van der Waals surface area contributed by atoms with Gasteiger partial charge in [-0.15, -0.1) is 0 Å². The van der Waals surface area contributed by atoms with Crippen LogP contribution in [0.3, 0.4) is 0 Å². The van der Waals surface area contributed by atoms with Gasteiger partial charge in [-0.2, -0.15) is 5.26 Å². The number of rotatable bonds is 6. The molecule has 1 aliphatic heterocycles. The summed E-state index contributed by atoms with van der Waals surface area (Å²) < 4.78 is 16.6. The van der Waals surface area contributed by atoms with Gasteiger partial charge in [0.1, 0.15) is 23.3 Å². The summed E-state index contributed by atoms with van der Waals surface area (Å²) in [7, 11) is 1.35. The van der Waals surface area contributed by atoms with E-state index in [0.29, 0.717) is 53.9 Å². The van der Waals surface area contributed by atoms with Crippen LogP contribution in [-0.2, 0) is 22.4 Å². The number of nitrogens with one attached hydrogen (secondary N) is 1. The number of nitrogens with zero attached hydrogens (tertiary/aromatic N) is 1. The molecule has 0 radical (unpaired) electrons. The normalized spacial score (nSPS) is 16.2. The molecule has 0 aromatic heterocycles. The maximum absolute atomic E-state index is 12.7. The first-order valence-electron chi connectivity index (χ1n) is 12.0. The molecule has 1 amide bonds. The van der Waals surface area contributed by atoms with Crippen LogP contribution in [-0.4, -0.2) is 32.1 Å². The maximum atomic E-state index is 12.7. The Bertz CT molecular complexity index is 1320. The third-order valence-corrected chi connectivity index (χ3v) is 6.79. The zero-order valence-electron chi connectivity index (χ0n) is 20.0. The van der Waals surface area contributed by atoms with E-state index in [1.807, 2.05) is 0 Å². The lowest BCUT2D eigenvalue weighted by Crippen LogP contribution is -2.29. The van der Waals surface area contributed by atoms with Gasteiger partial charge in [-0.1, -0.05) is 24.3 Å². The first-order chi connectivity index (χ1) is 17.6. The third kappa shape index (κ3) is 4.76. The van der Waals surface area contributed by atoms with E-state index in [9.17, 15) is 14.9 Å². The van der Waals surface area contributed by atoms with Crippen molar-refractivity contribution in [2.75, 3.05) is 20.3 Å². The summed E-state index contributed by atoms with van der Waals surface area (Å²) >= 11 is 0. The van der Waals surface area contributed by atoms with Gasteiger partial charge in [0.2, 0.25) is 0 Å². The molecule has 1 atom stereocenters. The molecule has 5 rings (SSSR count). The summed E-state index contributed by atoms with van der Waals surface area (Å²) in [6, 6.07) is 20.6. The van der Waals surface area contributed by atoms with Gasteiger partial charge >= 0.3 is 5.97 Å². The van der Waals surface area contributed by atoms with Gasteiger partial charge in [0, 0.05) is 23.7 Å². The van der Waals surface area contributed by atoms with Crippen molar-refractivity contribution >= 4 is 11.9 Å². The Morgan fingerprint density at radius 3 is 2.47 bits per heavy atom. The second-order valence-corrected chi connectivity index (χ2v) is 9.09. The summed E-state index contributed by atoms with van der Waals surface area (Å²) in [5, 5.41) is 12.7. The van der Waals surface area contributed by atoms with Crippen LogP contribution in [0.2, 0.25) is 0 Å². The second kappa shape index (κ2) is 10.1. The molecule has 0 saturated carbocycles. The van der Waals surface area contributed by atoms with E-state index >= 15 is 0 Å². The lowest BCUT2D eigenvalue weighted by molar-refractivity contribution is -0.143. The molecule has 7 heteroatoms. The van der Waals surface area contributed by atoms with E-state index in [1.54, 1.807) is 36.4 Å². The number of nitriles is 1. The number of carbonyl (C=O) groups excluding carboxylic acids is 2. The first kappa shape index (κ1) is 23.4. The predicted octanol–water partition coefficient (Wildman–Crippen LogP) is 4.53. The Kier molecular flexibility index (Phi) is 6.59. The van der Waals surface area contributed by atoms with Crippen molar-refractivity contribution in [2.24, 2.45) is 5.92 Å². The van der Waals surface area contributed by atoms with E-state index in [0.717, 1.165) is 12.8 Å². The number of hydrogen-bond donors (Lipinski definition) is 1. The summed E-state index contributed by atoms with van der Waals surface area (Å²) in [5.74, 6) is 0.735. The highest BCUT2D eigenvalue weighted by molar-refractivity contribution is 5.94. The first-order valence-corrected chi connectivity index (χ1v) is 12.0. The summed E-state index contributed by atoms with van der Waals surface area (Å²) in [5.41, 5.74) is 4.17. The van der Waals surface area contributed by atoms with E-state index in [-0.39, 0.29) is 17.4 Å². The SMILES string of the molecule is COC(=O)C1CCOc2cc(Oc3ccc(C(=O)NCC4Cc5ccccc5C4)cc3)c(C#N)cc21. The maximum Gasteiger partial charge on any atom is 0.313 e. The van der Waals surface area contributed by atoms with Crippen molar-refractivity contribution < 1.29 is 23.8 Å². The van der Waals surface area contributed by atoms with Gasteiger partial charge in [-0.25, -0.2) is 0 Å². The summed E-state index contributed by atoms with van der Waals surface area (Å²) in [6.07, 6.45) is 2.45. The molecule has 36 heavy (non-hydrogen) atoms. The second-order valence-electron chi connectivity index (χ2n) is 9.09. The molecule has 1 heterocycles. The van der Waals surface area contributed by atoms with Crippen LogP contribution in [0.5, 0.6) is 17.2 Å². The molecule has 0 saturated heterocycles. The number of ether oxygens (including phenoxy) is 3. The predicted molar refractivity (Wildman–Crippen MR) is 132 cm³/mol. The largest absolute Gasteiger partial charge is 0.493 e. The summed E-state index contributed by atoms with van der Waals surface area (Å²) in [6.45, 7) is 0.994. The molecule has 3 aromatic rings. The molecule has 1 aliphatic carbocycles. The molecule has 0 spiro atoms. The Labute approximate surface area is 209 Å². The van der Waals surface area contributed by atoms with Crippen LogP contribution in [0.1, 0.15) is 45.0 Å². The van der Waals surface area contributed by atoms with Crippen molar-refractivity contribution in [3.63, 3.8) is 0 Å². The molecule has 1 N–H and O–H groups in total. The van der Waals surface area contributed by atoms with Crippen LogP contribution in [0.25, 0.3) is 0 Å². The van der Waals surface area contributed by atoms with Gasteiger partial charge in [0.15, 0.2) is 0 Å². The van der Waals surface area contributed by atoms with Crippen LogP contribution in [0, 0.1) is 17.2 Å². The monoisotopic (exact) mass is 482 g/mol. The topological polar surface area (TPSA) is 97.7 Å².